The zero-order valence-corrected chi connectivity index (χ0v) is 22.6. The van der Waals surface area contributed by atoms with Gasteiger partial charge in [-0.3, -0.25) is 0 Å². The normalized spacial score (nSPS) is 10.7. The zero-order chi connectivity index (χ0) is 26.9. The maximum absolute atomic E-state index is 12.0. The number of rotatable bonds is 6. The van der Waals surface area contributed by atoms with Gasteiger partial charge in [-0.15, -0.1) is 20.4 Å². The second kappa shape index (κ2) is 13.3. The lowest BCUT2D eigenvalue weighted by Crippen LogP contribution is -2.15. The summed E-state index contributed by atoms with van der Waals surface area (Å²) >= 11 is 17.0. The van der Waals surface area contributed by atoms with Crippen molar-refractivity contribution in [3.63, 3.8) is 0 Å². The van der Waals surface area contributed by atoms with Crippen LogP contribution in [-0.4, -0.2) is 50.5 Å². The van der Waals surface area contributed by atoms with Crippen molar-refractivity contribution in [1.29, 1.82) is 0 Å². The zero-order valence-electron chi connectivity index (χ0n) is 20.3. The molecule has 0 saturated heterocycles. The van der Waals surface area contributed by atoms with Gasteiger partial charge in [0.15, 0.2) is 21.7 Å². The van der Waals surface area contributed by atoms with Gasteiger partial charge in [-0.1, -0.05) is 61.6 Å². The van der Waals surface area contributed by atoms with Crippen LogP contribution in [0.2, 0.25) is 15.3 Å². The number of esters is 2. The molecule has 0 aliphatic carbocycles. The molecular formula is C23H25Cl3N6O4. The van der Waals surface area contributed by atoms with Gasteiger partial charge in [0.2, 0.25) is 0 Å². The number of ether oxygens (including phenoxy) is 2. The van der Waals surface area contributed by atoms with Gasteiger partial charge in [0.1, 0.15) is 5.82 Å². The fourth-order valence-electron chi connectivity index (χ4n) is 2.56. The minimum absolute atomic E-state index is 0.0204. The molecule has 0 amide bonds. The topological polar surface area (TPSA) is 129 Å². The van der Waals surface area contributed by atoms with Crippen LogP contribution >= 0.6 is 34.8 Å². The molecule has 1 N–H and O–H groups in total. The van der Waals surface area contributed by atoms with E-state index >= 15 is 0 Å². The number of hydrogen-bond acceptors (Lipinski definition) is 10. The molecule has 0 aliphatic heterocycles. The van der Waals surface area contributed by atoms with E-state index in [1.54, 1.807) is 19.9 Å². The second-order valence-electron chi connectivity index (χ2n) is 8.02. The first kappa shape index (κ1) is 29.2. The lowest BCUT2D eigenvalue weighted by atomic mass is 9.92. The van der Waals surface area contributed by atoms with E-state index in [2.05, 4.69) is 56.2 Å². The first-order valence-corrected chi connectivity index (χ1v) is 11.9. The predicted molar refractivity (Wildman–Crippen MR) is 137 cm³/mol. The smallest absolute Gasteiger partial charge is 0.361 e. The van der Waals surface area contributed by atoms with Crippen molar-refractivity contribution in [2.45, 2.75) is 40.0 Å². The van der Waals surface area contributed by atoms with E-state index in [0.29, 0.717) is 11.5 Å². The van der Waals surface area contributed by atoms with E-state index in [4.69, 9.17) is 39.5 Å². The predicted octanol–water partition coefficient (Wildman–Crippen LogP) is 5.70. The van der Waals surface area contributed by atoms with Gasteiger partial charge in [0.25, 0.3) is 0 Å². The van der Waals surface area contributed by atoms with E-state index < -0.39 is 11.9 Å². The Balaban J connectivity index is 0.000000297. The maximum atomic E-state index is 12.0. The van der Waals surface area contributed by atoms with Crippen molar-refractivity contribution in [2.24, 2.45) is 0 Å². The summed E-state index contributed by atoms with van der Waals surface area (Å²) in [6.07, 6.45) is 0. The third-order valence-electron chi connectivity index (χ3n) is 4.20. The van der Waals surface area contributed by atoms with Gasteiger partial charge in [-0.25, -0.2) is 14.6 Å². The number of nitrogens with zero attached hydrogens (tertiary/aromatic N) is 5. The Morgan fingerprint density at radius 1 is 0.861 bits per heavy atom. The Labute approximate surface area is 223 Å². The average molecular weight is 556 g/mol. The quantitative estimate of drug-likeness (QED) is 0.378. The van der Waals surface area contributed by atoms with E-state index in [9.17, 15) is 9.59 Å². The first-order valence-electron chi connectivity index (χ1n) is 10.8. The summed E-state index contributed by atoms with van der Waals surface area (Å²) in [4.78, 5) is 27.7. The molecule has 10 nitrogen and oxygen atoms in total. The number of anilines is 2. The van der Waals surface area contributed by atoms with Crippen molar-refractivity contribution in [3.8, 4) is 0 Å². The fourth-order valence-corrected chi connectivity index (χ4v) is 3.13. The Bertz CT molecular complexity index is 1220. The van der Waals surface area contributed by atoms with Crippen LogP contribution in [0.4, 0.5) is 11.5 Å². The molecule has 0 bridgehead atoms. The maximum Gasteiger partial charge on any atom is 0.361 e. The molecule has 0 saturated carbocycles. The van der Waals surface area contributed by atoms with Crippen molar-refractivity contribution >= 4 is 58.2 Å². The van der Waals surface area contributed by atoms with E-state index in [1.807, 2.05) is 12.1 Å². The molecule has 36 heavy (non-hydrogen) atoms. The Morgan fingerprint density at radius 2 is 1.42 bits per heavy atom. The van der Waals surface area contributed by atoms with Gasteiger partial charge >= 0.3 is 11.9 Å². The molecule has 3 aromatic rings. The van der Waals surface area contributed by atoms with Gasteiger partial charge in [-0.2, -0.15) is 0 Å². The summed E-state index contributed by atoms with van der Waals surface area (Å²) in [5.74, 6) is -0.574. The highest BCUT2D eigenvalue weighted by Crippen LogP contribution is 2.25. The molecular weight excluding hydrogens is 531 g/mol. The van der Waals surface area contributed by atoms with Crippen molar-refractivity contribution in [1.82, 2.24) is 25.4 Å². The largest absolute Gasteiger partial charge is 0.461 e. The molecule has 192 valence electrons. The SMILES string of the molecule is CCOC(=O)c1nnc(Cl)cc1Cl.CCOC(=O)c1nnc(Cl)cc1Nc1cccc(C(C)(C)C)n1. The molecule has 0 aromatic carbocycles. The third-order valence-corrected chi connectivity index (χ3v) is 4.86. The van der Waals surface area contributed by atoms with Crippen LogP contribution in [0.1, 0.15) is 61.3 Å². The van der Waals surface area contributed by atoms with E-state index in [0.717, 1.165) is 5.69 Å². The van der Waals surface area contributed by atoms with Gasteiger partial charge < -0.3 is 14.8 Å². The molecule has 0 unspecified atom stereocenters. The molecule has 0 fully saturated rings. The monoisotopic (exact) mass is 554 g/mol. The average Bonchev–Trinajstić information content (AvgIpc) is 2.79. The summed E-state index contributed by atoms with van der Waals surface area (Å²) in [5.41, 5.74) is 1.29. The molecule has 13 heteroatoms. The minimum atomic E-state index is -0.600. The Morgan fingerprint density at radius 3 is 1.97 bits per heavy atom. The number of hydrogen-bond donors (Lipinski definition) is 1. The number of pyridine rings is 1. The van der Waals surface area contributed by atoms with Crippen molar-refractivity contribution in [2.75, 3.05) is 18.5 Å². The van der Waals surface area contributed by atoms with Crippen LogP contribution in [0.25, 0.3) is 0 Å². The Kier molecular flexibility index (Phi) is 10.8. The fraction of sp³-hybridized carbons (Fsp3) is 0.348. The van der Waals surface area contributed by atoms with Crippen LogP contribution in [0.15, 0.2) is 30.3 Å². The van der Waals surface area contributed by atoms with Crippen LogP contribution in [-0.2, 0) is 14.9 Å². The van der Waals surface area contributed by atoms with Crippen LogP contribution in [0.5, 0.6) is 0 Å². The molecule has 3 rings (SSSR count). The van der Waals surface area contributed by atoms with Gasteiger partial charge in [0, 0.05) is 17.2 Å². The number of halogens is 3. The lowest BCUT2D eigenvalue weighted by molar-refractivity contribution is 0.0509. The standard InChI is InChI=1S/C16H19ClN4O2.C7H6Cl2N2O2/c1-5-23-15(22)14-10(9-12(17)20-21-14)18-13-8-6-7-11(19-13)16(2,3)4;1-2-13-7(12)6-4(8)3-5(9)10-11-6/h6-9H,5H2,1-4H3,(H,18,19,20);3H,2H2,1H3. The molecule has 0 aliphatic rings. The summed E-state index contributed by atoms with van der Waals surface area (Å²) in [5, 5.41) is 18.0. The summed E-state index contributed by atoms with van der Waals surface area (Å²) in [6.45, 7) is 10.2. The number of aromatic nitrogens is 5. The first-order chi connectivity index (χ1) is 17.0. The van der Waals surface area contributed by atoms with Crippen LogP contribution in [0, 0.1) is 0 Å². The molecule has 3 heterocycles. The number of carbonyl (C=O) groups is 2. The summed E-state index contributed by atoms with van der Waals surface area (Å²) in [7, 11) is 0. The molecule has 0 atom stereocenters. The van der Waals surface area contributed by atoms with E-state index in [1.165, 1.54) is 12.1 Å². The second-order valence-corrected chi connectivity index (χ2v) is 9.20. The minimum Gasteiger partial charge on any atom is -0.461 e. The molecule has 0 spiro atoms. The van der Waals surface area contributed by atoms with Gasteiger partial charge in [0.05, 0.1) is 23.9 Å². The third kappa shape index (κ3) is 8.54. The van der Waals surface area contributed by atoms with Crippen molar-refractivity contribution < 1.29 is 19.1 Å². The van der Waals surface area contributed by atoms with Gasteiger partial charge in [-0.05, 0) is 32.0 Å². The highest BCUT2D eigenvalue weighted by Gasteiger charge is 2.19. The van der Waals surface area contributed by atoms with Crippen molar-refractivity contribution in [3.05, 3.63) is 62.7 Å². The summed E-state index contributed by atoms with van der Waals surface area (Å²) < 4.78 is 9.66. The van der Waals surface area contributed by atoms with Crippen LogP contribution < -0.4 is 5.32 Å². The number of nitrogens with one attached hydrogen (secondary N) is 1. The lowest BCUT2D eigenvalue weighted by Gasteiger charge is -2.18. The van der Waals surface area contributed by atoms with E-state index in [-0.39, 0.29) is 45.3 Å². The molecule has 0 radical (unpaired) electrons. The molecule has 3 aromatic heterocycles. The highest BCUT2D eigenvalue weighted by molar-refractivity contribution is 6.35. The highest BCUT2D eigenvalue weighted by atomic mass is 35.5. The van der Waals surface area contributed by atoms with Crippen LogP contribution in [0.3, 0.4) is 0 Å². The Hall–Kier alpha value is -3.08. The summed E-state index contributed by atoms with van der Waals surface area (Å²) in [6, 6.07) is 8.51. The number of carbonyl (C=O) groups excluding carboxylic acids is 2.